The van der Waals surface area contributed by atoms with Gasteiger partial charge in [-0.15, -0.1) is 0 Å². The van der Waals surface area contributed by atoms with Gasteiger partial charge in [-0.1, -0.05) is 13.8 Å². The molecule has 31 heavy (non-hydrogen) atoms. The highest BCUT2D eigenvalue weighted by molar-refractivity contribution is 6.02. The van der Waals surface area contributed by atoms with E-state index < -0.39 is 17.5 Å². The van der Waals surface area contributed by atoms with Crippen LogP contribution in [0.5, 0.6) is 5.75 Å². The molecule has 0 unspecified atom stereocenters. The maximum atomic E-state index is 13.7. The molecule has 0 aromatic heterocycles. The smallest absolute Gasteiger partial charge is 0.248 e. The topological polar surface area (TPSA) is 41.6 Å². The third kappa shape index (κ3) is 8.13. The summed E-state index contributed by atoms with van der Waals surface area (Å²) in [6, 6.07) is 8.75. The van der Waals surface area contributed by atoms with Crippen molar-refractivity contribution in [1.29, 1.82) is 0 Å². The van der Waals surface area contributed by atoms with Gasteiger partial charge < -0.3 is 15.0 Å². The number of ether oxygens (including phenoxy) is 1. The number of anilines is 1. The average Bonchev–Trinajstić information content (AvgIpc) is 2.73. The van der Waals surface area contributed by atoms with Gasteiger partial charge in [0.15, 0.2) is 0 Å². The molecule has 0 saturated carbocycles. The van der Waals surface area contributed by atoms with Crippen molar-refractivity contribution in [3.8, 4) is 5.75 Å². The number of methoxy groups -OCH3 is 1. The Morgan fingerprint density at radius 1 is 1.06 bits per heavy atom. The molecule has 0 aliphatic heterocycles. The third-order valence-electron chi connectivity index (χ3n) is 4.92. The van der Waals surface area contributed by atoms with Crippen molar-refractivity contribution >= 4 is 17.7 Å². The lowest BCUT2D eigenvalue weighted by Crippen LogP contribution is -2.26. The lowest BCUT2D eigenvalue weighted by Gasteiger charge is -2.21. The minimum Gasteiger partial charge on any atom is -0.496 e. The first-order valence-corrected chi connectivity index (χ1v) is 10.8. The predicted octanol–water partition coefficient (Wildman–Crippen LogP) is 5.68. The van der Waals surface area contributed by atoms with Crippen LogP contribution in [0.15, 0.2) is 42.5 Å². The molecule has 0 bridgehead atoms. The van der Waals surface area contributed by atoms with E-state index in [0.717, 1.165) is 68.8 Å². The number of benzene rings is 2. The summed E-state index contributed by atoms with van der Waals surface area (Å²) in [5, 5.41) is 2.79. The van der Waals surface area contributed by atoms with Crippen molar-refractivity contribution in [3.63, 3.8) is 0 Å². The van der Waals surface area contributed by atoms with Gasteiger partial charge in [0, 0.05) is 23.4 Å². The van der Waals surface area contributed by atoms with Crippen LogP contribution in [0.4, 0.5) is 14.5 Å². The van der Waals surface area contributed by atoms with Crippen LogP contribution in [-0.2, 0) is 11.2 Å². The molecule has 2 aromatic carbocycles. The molecule has 0 saturated heterocycles. The van der Waals surface area contributed by atoms with Crippen molar-refractivity contribution in [2.75, 3.05) is 32.1 Å². The van der Waals surface area contributed by atoms with Crippen LogP contribution in [0, 0.1) is 11.6 Å². The summed E-state index contributed by atoms with van der Waals surface area (Å²) >= 11 is 0. The fourth-order valence-corrected chi connectivity index (χ4v) is 3.50. The van der Waals surface area contributed by atoms with Crippen LogP contribution in [0.2, 0.25) is 0 Å². The second kappa shape index (κ2) is 12.8. The average molecular weight is 431 g/mol. The minimum atomic E-state index is -0.712. The molecule has 0 atom stereocenters. The summed E-state index contributed by atoms with van der Waals surface area (Å²) in [5.74, 6) is -0.968. The number of nitrogens with one attached hydrogen (secondary N) is 1. The lowest BCUT2D eigenvalue weighted by atomic mass is 10.1. The van der Waals surface area contributed by atoms with Crippen LogP contribution < -0.4 is 10.1 Å². The maximum Gasteiger partial charge on any atom is 0.248 e. The van der Waals surface area contributed by atoms with E-state index in [4.69, 9.17) is 4.74 Å². The molecule has 0 spiro atoms. The zero-order valence-electron chi connectivity index (χ0n) is 18.6. The zero-order chi connectivity index (χ0) is 22.6. The van der Waals surface area contributed by atoms with Crippen LogP contribution in [0.25, 0.3) is 6.08 Å². The Morgan fingerprint density at radius 3 is 2.45 bits per heavy atom. The maximum absolute atomic E-state index is 13.7. The van der Waals surface area contributed by atoms with Crippen LogP contribution >= 0.6 is 0 Å². The van der Waals surface area contributed by atoms with E-state index in [1.807, 2.05) is 12.1 Å². The highest BCUT2D eigenvalue weighted by Crippen LogP contribution is 2.24. The Kier molecular flexibility index (Phi) is 10.2. The van der Waals surface area contributed by atoms with E-state index in [-0.39, 0.29) is 5.56 Å². The summed E-state index contributed by atoms with van der Waals surface area (Å²) in [5.41, 5.74) is 1.82. The number of rotatable bonds is 12. The summed E-state index contributed by atoms with van der Waals surface area (Å²) < 4.78 is 32.2. The number of carbonyl (C=O) groups is 1. The second-order valence-electron chi connectivity index (χ2n) is 7.46. The van der Waals surface area contributed by atoms with E-state index in [0.29, 0.717) is 5.69 Å². The molecule has 6 heteroatoms. The van der Waals surface area contributed by atoms with Gasteiger partial charge >= 0.3 is 0 Å². The summed E-state index contributed by atoms with van der Waals surface area (Å²) in [7, 11) is 1.64. The number of carbonyl (C=O) groups excluding carboxylic acids is 1. The van der Waals surface area contributed by atoms with Gasteiger partial charge in [-0.25, -0.2) is 8.78 Å². The fraction of sp³-hybridized carbons (Fsp3) is 0.400. The molecule has 1 N–H and O–H groups in total. The van der Waals surface area contributed by atoms with Crippen LogP contribution in [0.3, 0.4) is 0 Å². The highest BCUT2D eigenvalue weighted by atomic mass is 19.1. The molecule has 0 heterocycles. The summed E-state index contributed by atoms with van der Waals surface area (Å²) in [6.07, 6.45) is 6.67. The van der Waals surface area contributed by atoms with Gasteiger partial charge in [0.1, 0.15) is 17.4 Å². The number of nitrogens with zero attached hydrogens (tertiary/aromatic N) is 1. The molecule has 0 fully saturated rings. The summed E-state index contributed by atoms with van der Waals surface area (Å²) in [6.45, 7) is 7.60. The number of amides is 1. The molecule has 2 rings (SSSR count). The van der Waals surface area contributed by atoms with Gasteiger partial charge in [0.2, 0.25) is 5.91 Å². The Labute approximate surface area is 183 Å². The molecule has 0 aliphatic rings. The Hall–Kier alpha value is -2.73. The molecular formula is C25H32F2N2O2. The SMILES string of the molecule is CCCN(CCC)CCCc1cc(NC(=O)C=Cc2ccc(F)cc2F)ccc1OC. The quantitative estimate of drug-likeness (QED) is 0.441. The number of hydrogen-bond donors (Lipinski definition) is 1. The number of halogens is 2. The predicted molar refractivity (Wildman–Crippen MR) is 122 cm³/mol. The van der Waals surface area contributed by atoms with Crippen LogP contribution in [0.1, 0.15) is 44.2 Å². The Morgan fingerprint density at radius 2 is 1.81 bits per heavy atom. The van der Waals surface area contributed by atoms with Crippen molar-refractivity contribution in [3.05, 3.63) is 65.2 Å². The van der Waals surface area contributed by atoms with E-state index in [9.17, 15) is 13.6 Å². The zero-order valence-corrected chi connectivity index (χ0v) is 18.6. The molecule has 4 nitrogen and oxygen atoms in total. The second-order valence-corrected chi connectivity index (χ2v) is 7.46. The van der Waals surface area contributed by atoms with Crippen molar-refractivity contribution in [1.82, 2.24) is 4.90 Å². The molecule has 2 aromatic rings. The molecule has 0 aliphatic carbocycles. The minimum absolute atomic E-state index is 0.149. The van der Waals surface area contributed by atoms with Crippen molar-refractivity contribution in [2.45, 2.75) is 39.5 Å². The van der Waals surface area contributed by atoms with Gasteiger partial charge in [-0.3, -0.25) is 4.79 Å². The first-order valence-electron chi connectivity index (χ1n) is 10.8. The molecule has 1 amide bonds. The first-order chi connectivity index (χ1) is 15.0. The molecular weight excluding hydrogens is 398 g/mol. The largest absolute Gasteiger partial charge is 0.496 e. The Bertz CT molecular complexity index is 878. The number of aryl methyl sites for hydroxylation is 1. The van der Waals surface area contributed by atoms with E-state index in [2.05, 4.69) is 24.1 Å². The lowest BCUT2D eigenvalue weighted by molar-refractivity contribution is -0.111. The van der Waals surface area contributed by atoms with Crippen LogP contribution in [-0.4, -0.2) is 37.6 Å². The Balaban J connectivity index is 2.00. The van der Waals surface area contributed by atoms with Gasteiger partial charge in [-0.05, 0) is 87.3 Å². The third-order valence-corrected chi connectivity index (χ3v) is 4.92. The summed E-state index contributed by atoms with van der Waals surface area (Å²) in [4.78, 5) is 14.7. The first kappa shape index (κ1) is 24.5. The molecule has 168 valence electrons. The fourth-order valence-electron chi connectivity index (χ4n) is 3.50. The van der Waals surface area contributed by atoms with Crippen molar-refractivity contribution < 1.29 is 18.3 Å². The van der Waals surface area contributed by atoms with Gasteiger partial charge in [-0.2, -0.15) is 0 Å². The highest BCUT2D eigenvalue weighted by Gasteiger charge is 2.09. The van der Waals surface area contributed by atoms with Gasteiger partial charge in [0.05, 0.1) is 7.11 Å². The van der Waals surface area contributed by atoms with E-state index in [1.165, 1.54) is 18.2 Å². The monoisotopic (exact) mass is 430 g/mol. The van der Waals surface area contributed by atoms with Crippen molar-refractivity contribution in [2.24, 2.45) is 0 Å². The van der Waals surface area contributed by atoms with Gasteiger partial charge in [0.25, 0.3) is 0 Å². The van der Waals surface area contributed by atoms with E-state index in [1.54, 1.807) is 13.2 Å². The normalized spacial score (nSPS) is 11.3. The van der Waals surface area contributed by atoms with E-state index >= 15 is 0 Å². The standard InChI is InChI=1S/C25H32F2N2O2/c1-4-14-29(15-5-2)16-6-7-20-17-22(11-12-24(20)31-3)28-25(30)13-9-19-8-10-21(26)18-23(19)27/h8-13,17-18H,4-7,14-16H2,1-3H3,(H,28,30). The molecule has 0 radical (unpaired) electrons. The number of hydrogen-bond acceptors (Lipinski definition) is 3.